The first kappa shape index (κ1) is 13.2. The summed E-state index contributed by atoms with van der Waals surface area (Å²) in [6, 6.07) is 8.18. The summed E-state index contributed by atoms with van der Waals surface area (Å²) < 4.78 is 2.22. The molecular formula is C16H21N3O. The number of nitrogens with zero attached hydrogens (tertiary/aromatic N) is 2. The minimum Gasteiger partial charge on any atom is -0.356 e. The summed E-state index contributed by atoms with van der Waals surface area (Å²) in [5.74, 6) is 2.11. The molecular weight excluding hydrogens is 250 g/mol. The Morgan fingerprint density at radius 1 is 1.45 bits per heavy atom. The highest BCUT2D eigenvalue weighted by molar-refractivity contribution is 5.81. The maximum absolute atomic E-state index is 11.7. The van der Waals surface area contributed by atoms with Crippen LogP contribution in [0.15, 0.2) is 24.3 Å². The van der Waals surface area contributed by atoms with Crippen LogP contribution in [0.3, 0.4) is 0 Å². The van der Waals surface area contributed by atoms with Gasteiger partial charge >= 0.3 is 0 Å². The molecule has 4 nitrogen and oxygen atoms in total. The molecule has 2 aromatic rings. The van der Waals surface area contributed by atoms with E-state index in [4.69, 9.17) is 0 Å². The van der Waals surface area contributed by atoms with Gasteiger partial charge in [-0.25, -0.2) is 4.98 Å². The van der Waals surface area contributed by atoms with Gasteiger partial charge in [-0.15, -0.1) is 0 Å². The molecule has 0 aliphatic heterocycles. The number of amides is 1. The number of hydrogen-bond donors (Lipinski definition) is 1. The number of aryl methyl sites for hydroxylation is 2. The van der Waals surface area contributed by atoms with Gasteiger partial charge in [-0.3, -0.25) is 4.79 Å². The SMILES string of the molecule is Cc1nc2ccccc2n1CCCNC(=O)[C@H]1C[C@H]1C. The second-order valence-electron chi connectivity index (χ2n) is 5.76. The number of imidazole rings is 1. The number of hydrogen-bond acceptors (Lipinski definition) is 2. The van der Waals surface area contributed by atoms with E-state index in [1.54, 1.807) is 0 Å². The Balaban J connectivity index is 1.55. The lowest BCUT2D eigenvalue weighted by Crippen LogP contribution is -2.27. The predicted octanol–water partition coefficient (Wildman–Crippen LogP) is 2.51. The second-order valence-corrected chi connectivity index (χ2v) is 5.76. The molecule has 1 aromatic heterocycles. The summed E-state index contributed by atoms with van der Waals surface area (Å²) in [7, 11) is 0. The fraction of sp³-hybridized carbons (Fsp3) is 0.500. The van der Waals surface area contributed by atoms with Crippen LogP contribution < -0.4 is 5.32 Å². The van der Waals surface area contributed by atoms with E-state index in [9.17, 15) is 4.79 Å². The van der Waals surface area contributed by atoms with Gasteiger partial charge in [0.15, 0.2) is 0 Å². The third-order valence-electron chi connectivity index (χ3n) is 4.15. The highest BCUT2D eigenvalue weighted by Crippen LogP contribution is 2.37. The van der Waals surface area contributed by atoms with Crippen molar-refractivity contribution in [2.45, 2.75) is 33.2 Å². The van der Waals surface area contributed by atoms with Gasteiger partial charge in [-0.2, -0.15) is 0 Å². The Morgan fingerprint density at radius 2 is 2.20 bits per heavy atom. The van der Waals surface area contributed by atoms with Crippen molar-refractivity contribution in [2.75, 3.05) is 6.54 Å². The molecule has 1 amide bonds. The molecule has 2 atom stereocenters. The van der Waals surface area contributed by atoms with Gasteiger partial charge in [0.1, 0.15) is 5.82 Å². The Hall–Kier alpha value is -1.84. The molecule has 1 fully saturated rings. The highest BCUT2D eigenvalue weighted by Gasteiger charge is 2.38. The zero-order valence-electron chi connectivity index (χ0n) is 12.1. The van der Waals surface area contributed by atoms with Gasteiger partial charge in [0.2, 0.25) is 5.91 Å². The molecule has 0 saturated heterocycles. The first-order valence-electron chi connectivity index (χ1n) is 7.36. The molecule has 0 unspecified atom stereocenters. The van der Waals surface area contributed by atoms with E-state index in [-0.39, 0.29) is 11.8 Å². The summed E-state index contributed by atoms with van der Waals surface area (Å²) in [4.78, 5) is 16.3. The van der Waals surface area contributed by atoms with Crippen LogP contribution in [0.4, 0.5) is 0 Å². The molecule has 0 radical (unpaired) electrons. The molecule has 1 heterocycles. The third kappa shape index (κ3) is 2.55. The van der Waals surface area contributed by atoms with Crippen molar-refractivity contribution in [2.24, 2.45) is 11.8 Å². The smallest absolute Gasteiger partial charge is 0.223 e. The molecule has 0 spiro atoms. The number of nitrogens with one attached hydrogen (secondary N) is 1. The van der Waals surface area contributed by atoms with Crippen LogP contribution in [0.5, 0.6) is 0 Å². The lowest BCUT2D eigenvalue weighted by molar-refractivity contribution is -0.122. The van der Waals surface area contributed by atoms with Crippen molar-refractivity contribution in [3.8, 4) is 0 Å². The molecule has 1 aliphatic rings. The minimum atomic E-state index is 0.227. The van der Waals surface area contributed by atoms with Crippen molar-refractivity contribution < 1.29 is 4.79 Å². The first-order chi connectivity index (χ1) is 9.66. The number of benzene rings is 1. The van der Waals surface area contributed by atoms with Crippen LogP contribution >= 0.6 is 0 Å². The van der Waals surface area contributed by atoms with Crippen LogP contribution in [0.25, 0.3) is 11.0 Å². The zero-order valence-corrected chi connectivity index (χ0v) is 12.1. The van der Waals surface area contributed by atoms with Gasteiger partial charge in [0, 0.05) is 19.0 Å². The lowest BCUT2D eigenvalue weighted by Gasteiger charge is -2.08. The van der Waals surface area contributed by atoms with Crippen molar-refractivity contribution >= 4 is 16.9 Å². The van der Waals surface area contributed by atoms with Crippen LogP contribution in [0, 0.1) is 18.8 Å². The largest absolute Gasteiger partial charge is 0.356 e. The predicted molar refractivity (Wildman–Crippen MR) is 79.4 cm³/mol. The fourth-order valence-electron chi connectivity index (χ4n) is 2.75. The Bertz CT molecular complexity index is 632. The summed E-state index contributed by atoms with van der Waals surface area (Å²) in [6.45, 7) is 5.80. The van der Waals surface area contributed by atoms with Crippen molar-refractivity contribution in [3.63, 3.8) is 0 Å². The summed E-state index contributed by atoms with van der Waals surface area (Å²) in [5.41, 5.74) is 2.22. The Labute approximate surface area is 119 Å². The number of carbonyl (C=O) groups is 1. The average Bonchev–Trinajstić information content (AvgIpc) is 3.08. The normalized spacial score (nSPS) is 21.1. The van der Waals surface area contributed by atoms with Gasteiger partial charge < -0.3 is 9.88 Å². The summed E-state index contributed by atoms with van der Waals surface area (Å²) in [6.07, 6.45) is 1.99. The van der Waals surface area contributed by atoms with Crippen molar-refractivity contribution in [1.29, 1.82) is 0 Å². The number of aromatic nitrogens is 2. The molecule has 106 valence electrons. The van der Waals surface area contributed by atoms with Gasteiger partial charge in [-0.05, 0) is 37.8 Å². The zero-order chi connectivity index (χ0) is 14.1. The molecule has 3 rings (SSSR count). The Kier molecular flexibility index (Phi) is 3.47. The molecule has 0 bridgehead atoms. The maximum Gasteiger partial charge on any atom is 0.223 e. The summed E-state index contributed by atoms with van der Waals surface area (Å²) in [5, 5.41) is 3.03. The van der Waals surface area contributed by atoms with Crippen LogP contribution in [-0.2, 0) is 11.3 Å². The van der Waals surface area contributed by atoms with Gasteiger partial charge in [0.05, 0.1) is 11.0 Å². The minimum absolute atomic E-state index is 0.227. The molecule has 4 heteroatoms. The van der Waals surface area contributed by atoms with Crippen molar-refractivity contribution in [3.05, 3.63) is 30.1 Å². The standard InChI is InChI=1S/C16H21N3O/c1-11-10-13(11)16(20)17-8-5-9-19-12(2)18-14-6-3-4-7-15(14)19/h3-4,6-7,11,13H,5,8-10H2,1-2H3,(H,17,20)/t11-,13+/m1/s1. The van der Waals surface area contributed by atoms with Crippen LogP contribution in [0.2, 0.25) is 0 Å². The quantitative estimate of drug-likeness (QED) is 0.849. The van der Waals surface area contributed by atoms with Crippen LogP contribution in [-0.4, -0.2) is 22.0 Å². The van der Waals surface area contributed by atoms with Gasteiger partial charge in [0.25, 0.3) is 0 Å². The van der Waals surface area contributed by atoms with Crippen molar-refractivity contribution in [1.82, 2.24) is 14.9 Å². The fourth-order valence-corrected chi connectivity index (χ4v) is 2.75. The van der Waals surface area contributed by atoms with E-state index in [0.717, 1.165) is 37.3 Å². The summed E-state index contributed by atoms with van der Waals surface area (Å²) >= 11 is 0. The first-order valence-corrected chi connectivity index (χ1v) is 7.36. The van der Waals surface area contributed by atoms with E-state index in [0.29, 0.717) is 5.92 Å². The number of rotatable bonds is 5. The maximum atomic E-state index is 11.7. The number of carbonyl (C=O) groups excluding carboxylic acids is 1. The number of para-hydroxylation sites is 2. The molecule has 1 aromatic carbocycles. The highest BCUT2D eigenvalue weighted by atomic mass is 16.2. The van der Waals surface area contributed by atoms with E-state index >= 15 is 0 Å². The van der Waals surface area contributed by atoms with E-state index in [1.807, 2.05) is 25.1 Å². The van der Waals surface area contributed by atoms with E-state index in [1.165, 1.54) is 5.52 Å². The average molecular weight is 271 g/mol. The third-order valence-corrected chi connectivity index (χ3v) is 4.15. The van der Waals surface area contributed by atoms with Gasteiger partial charge in [-0.1, -0.05) is 19.1 Å². The molecule has 1 aliphatic carbocycles. The molecule has 1 N–H and O–H groups in total. The second kappa shape index (κ2) is 5.27. The topological polar surface area (TPSA) is 46.9 Å². The van der Waals surface area contributed by atoms with E-state index in [2.05, 4.69) is 27.9 Å². The Morgan fingerprint density at radius 3 is 2.95 bits per heavy atom. The van der Waals surface area contributed by atoms with Crippen LogP contribution in [0.1, 0.15) is 25.6 Å². The molecule has 1 saturated carbocycles. The monoisotopic (exact) mass is 271 g/mol. The molecule has 20 heavy (non-hydrogen) atoms. The van der Waals surface area contributed by atoms with E-state index < -0.39 is 0 Å². The number of fused-ring (bicyclic) bond motifs is 1. The lowest BCUT2D eigenvalue weighted by atomic mass is 10.3.